The van der Waals surface area contributed by atoms with E-state index in [4.69, 9.17) is 0 Å². The van der Waals surface area contributed by atoms with Crippen molar-refractivity contribution in [2.24, 2.45) is 0 Å². The molecule has 0 unspecified atom stereocenters. The molecular formula is C13H16N2O. The van der Waals surface area contributed by atoms with Gasteiger partial charge in [-0.25, -0.2) is 0 Å². The lowest BCUT2D eigenvalue weighted by molar-refractivity contribution is -0.114. The second-order valence-electron chi connectivity index (χ2n) is 3.95. The van der Waals surface area contributed by atoms with Crippen LogP contribution < -0.4 is 5.32 Å². The van der Waals surface area contributed by atoms with Gasteiger partial charge in [-0.1, -0.05) is 6.07 Å². The van der Waals surface area contributed by atoms with Crippen molar-refractivity contribution < 1.29 is 4.79 Å². The normalized spacial score (nSPS) is 10.7. The van der Waals surface area contributed by atoms with E-state index in [1.165, 1.54) is 18.1 Å². The largest absolute Gasteiger partial charge is 0.345 e. The number of benzene rings is 1. The number of carbonyl (C=O) groups is 1. The zero-order valence-electron chi connectivity index (χ0n) is 9.87. The maximum absolute atomic E-state index is 11.1. The Balaban J connectivity index is 2.64. The number of aromatic nitrogens is 1. The Morgan fingerprint density at radius 1 is 1.44 bits per heavy atom. The number of carbonyl (C=O) groups excluding carboxylic acids is 1. The molecule has 3 heteroatoms. The van der Waals surface area contributed by atoms with Crippen LogP contribution in [0.3, 0.4) is 0 Å². The monoisotopic (exact) mass is 216 g/mol. The third-order valence-electron chi connectivity index (χ3n) is 2.78. The minimum Gasteiger partial charge on any atom is -0.345 e. The topological polar surface area (TPSA) is 34.0 Å². The number of anilines is 1. The van der Waals surface area contributed by atoms with Crippen molar-refractivity contribution >= 4 is 22.5 Å². The Kier molecular flexibility index (Phi) is 2.69. The van der Waals surface area contributed by atoms with E-state index in [0.29, 0.717) is 0 Å². The molecule has 3 nitrogen and oxygen atoms in total. The average molecular weight is 216 g/mol. The molecule has 0 aliphatic rings. The molecule has 0 atom stereocenters. The molecule has 0 spiro atoms. The van der Waals surface area contributed by atoms with Gasteiger partial charge in [0.2, 0.25) is 5.91 Å². The highest BCUT2D eigenvalue weighted by molar-refractivity contribution is 6.01. The molecule has 0 saturated carbocycles. The zero-order valence-corrected chi connectivity index (χ0v) is 9.87. The van der Waals surface area contributed by atoms with E-state index >= 15 is 0 Å². The van der Waals surface area contributed by atoms with Gasteiger partial charge in [0.1, 0.15) is 0 Å². The number of fused-ring (bicyclic) bond motifs is 1. The molecule has 1 aromatic heterocycles. The average Bonchev–Trinajstić information content (AvgIpc) is 2.54. The Bertz CT molecular complexity index is 540. The summed E-state index contributed by atoms with van der Waals surface area (Å²) < 4.78 is 2.24. The summed E-state index contributed by atoms with van der Waals surface area (Å²) in [5.41, 5.74) is 3.28. The molecule has 84 valence electrons. The summed E-state index contributed by atoms with van der Waals surface area (Å²) in [5, 5.41) is 3.97. The van der Waals surface area contributed by atoms with Crippen molar-refractivity contribution in [1.82, 2.24) is 4.57 Å². The predicted octanol–water partition coefficient (Wildman–Crippen LogP) is 2.93. The van der Waals surface area contributed by atoms with Crippen LogP contribution in [-0.2, 0) is 11.3 Å². The van der Waals surface area contributed by atoms with Gasteiger partial charge in [-0.3, -0.25) is 4.79 Å². The third-order valence-corrected chi connectivity index (χ3v) is 2.78. The molecule has 2 aromatic rings. The summed E-state index contributed by atoms with van der Waals surface area (Å²) in [4.78, 5) is 11.1. The first-order valence-corrected chi connectivity index (χ1v) is 5.50. The van der Waals surface area contributed by atoms with Crippen LogP contribution in [0.25, 0.3) is 10.9 Å². The van der Waals surface area contributed by atoms with Gasteiger partial charge in [-0.15, -0.1) is 0 Å². The van der Waals surface area contributed by atoms with Gasteiger partial charge in [-0.05, 0) is 32.0 Å². The molecule has 0 bridgehead atoms. The molecule has 1 aromatic carbocycles. The van der Waals surface area contributed by atoms with E-state index in [1.54, 1.807) is 0 Å². The number of nitrogens with one attached hydrogen (secondary N) is 1. The number of aryl methyl sites for hydroxylation is 2. The highest BCUT2D eigenvalue weighted by Gasteiger charge is 2.08. The Labute approximate surface area is 95.1 Å². The molecule has 2 rings (SSSR count). The van der Waals surface area contributed by atoms with Gasteiger partial charge in [0.05, 0.1) is 11.2 Å². The third kappa shape index (κ3) is 1.69. The lowest BCUT2D eigenvalue weighted by Gasteiger charge is -2.06. The van der Waals surface area contributed by atoms with Crippen LogP contribution in [0.15, 0.2) is 24.3 Å². The van der Waals surface area contributed by atoms with E-state index in [9.17, 15) is 4.79 Å². The van der Waals surface area contributed by atoms with Gasteiger partial charge in [0.25, 0.3) is 0 Å². The first kappa shape index (κ1) is 10.7. The number of nitrogens with zero attached hydrogens (tertiary/aromatic N) is 1. The molecular weight excluding hydrogens is 200 g/mol. The smallest absolute Gasteiger partial charge is 0.221 e. The number of amides is 1. The standard InChI is InChI=1S/C13H16N2O/c1-4-15-9(2)8-11-12(14-10(3)16)6-5-7-13(11)15/h5-8H,4H2,1-3H3,(H,14,16). The summed E-state index contributed by atoms with van der Waals surface area (Å²) in [6, 6.07) is 8.10. The van der Waals surface area contributed by atoms with Crippen molar-refractivity contribution in [3.8, 4) is 0 Å². The number of hydrogen-bond donors (Lipinski definition) is 1. The van der Waals surface area contributed by atoms with E-state index in [1.807, 2.05) is 12.1 Å². The summed E-state index contributed by atoms with van der Waals surface area (Å²) >= 11 is 0. The molecule has 1 heterocycles. The van der Waals surface area contributed by atoms with Crippen molar-refractivity contribution in [3.05, 3.63) is 30.0 Å². The Hall–Kier alpha value is -1.77. The van der Waals surface area contributed by atoms with E-state index in [2.05, 4.69) is 35.9 Å². The molecule has 0 radical (unpaired) electrons. The van der Waals surface area contributed by atoms with Gasteiger partial charge >= 0.3 is 0 Å². The second kappa shape index (κ2) is 4.00. The lowest BCUT2D eigenvalue weighted by atomic mass is 10.2. The lowest BCUT2D eigenvalue weighted by Crippen LogP contribution is -2.05. The Morgan fingerprint density at radius 3 is 2.81 bits per heavy atom. The first-order valence-electron chi connectivity index (χ1n) is 5.50. The highest BCUT2D eigenvalue weighted by atomic mass is 16.1. The van der Waals surface area contributed by atoms with Crippen LogP contribution in [0.2, 0.25) is 0 Å². The van der Waals surface area contributed by atoms with Gasteiger partial charge in [0, 0.05) is 24.5 Å². The maximum atomic E-state index is 11.1. The van der Waals surface area contributed by atoms with Crippen LogP contribution in [0.4, 0.5) is 5.69 Å². The fourth-order valence-electron chi connectivity index (χ4n) is 2.14. The molecule has 0 aliphatic carbocycles. The predicted molar refractivity (Wildman–Crippen MR) is 66.7 cm³/mol. The molecule has 0 aliphatic heterocycles. The van der Waals surface area contributed by atoms with Crippen LogP contribution in [0.1, 0.15) is 19.5 Å². The van der Waals surface area contributed by atoms with E-state index in [-0.39, 0.29) is 5.91 Å². The van der Waals surface area contributed by atoms with Gasteiger partial charge < -0.3 is 9.88 Å². The summed E-state index contributed by atoms with van der Waals surface area (Å²) in [6.07, 6.45) is 0. The minimum absolute atomic E-state index is 0.0330. The second-order valence-corrected chi connectivity index (χ2v) is 3.95. The highest BCUT2D eigenvalue weighted by Crippen LogP contribution is 2.26. The fourth-order valence-corrected chi connectivity index (χ4v) is 2.14. The molecule has 1 amide bonds. The Morgan fingerprint density at radius 2 is 2.19 bits per heavy atom. The van der Waals surface area contributed by atoms with Crippen LogP contribution in [0, 0.1) is 6.92 Å². The summed E-state index contributed by atoms with van der Waals surface area (Å²) in [6.45, 7) is 6.68. The van der Waals surface area contributed by atoms with Crippen molar-refractivity contribution in [1.29, 1.82) is 0 Å². The summed E-state index contributed by atoms with van der Waals surface area (Å²) in [7, 11) is 0. The molecule has 0 fully saturated rings. The van der Waals surface area contributed by atoms with Gasteiger partial charge in [-0.2, -0.15) is 0 Å². The molecule has 1 N–H and O–H groups in total. The van der Waals surface area contributed by atoms with Crippen LogP contribution in [0.5, 0.6) is 0 Å². The number of hydrogen-bond acceptors (Lipinski definition) is 1. The van der Waals surface area contributed by atoms with Gasteiger partial charge in [0.15, 0.2) is 0 Å². The number of rotatable bonds is 2. The maximum Gasteiger partial charge on any atom is 0.221 e. The zero-order chi connectivity index (χ0) is 11.7. The van der Waals surface area contributed by atoms with E-state index in [0.717, 1.165) is 17.6 Å². The fraction of sp³-hybridized carbons (Fsp3) is 0.308. The van der Waals surface area contributed by atoms with Crippen molar-refractivity contribution in [2.45, 2.75) is 27.3 Å². The minimum atomic E-state index is -0.0330. The quantitative estimate of drug-likeness (QED) is 0.822. The first-order chi connectivity index (χ1) is 7.63. The molecule has 16 heavy (non-hydrogen) atoms. The van der Waals surface area contributed by atoms with Crippen molar-refractivity contribution in [2.75, 3.05) is 5.32 Å². The summed E-state index contributed by atoms with van der Waals surface area (Å²) in [5.74, 6) is -0.0330. The van der Waals surface area contributed by atoms with Crippen LogP contribution in [-0.4, -0.2) is 10.5 Å². The van der Waals surface area contributed by atoms with Crippen molar-refractivity contribution in [3.63, 3.8) is 0 Å². The van der Waals surface area contributed by atoms with Crippen LogP contribution >= 0.6 is 0 Å². The SMILES string of the molecule is CCn1c(C)cc2c(NC(C)=O)cccc21. The molecule has 0 saturated heterocycles. The van der Waals surface area contributed by atoms with E-state index < -0.39 is 0 Å².